The number of rotatable bonds is 5. The van der Waals surface area contributed by atoms with E-state index in [4.69, 9.17) is 5.14 Å². The van der Waals surface area contributed by atoms with E-state index in [-0.39, 0.29) is 10.6 Å². The molecule has 0 unspecified atom stereocenters. The summed E-state index contributed by atoms with van der Waals surface area (Å²) in [6, 6.07) is 6.76. The maximum Gasteiger partial charge on any atom is 0.295 e. The van der Waals surface area contributed by atoms with Crippen LogP contribution >= 0.6 is 0 Å². The third-order valence-corrected chi connectivity index (χ3v) is 3.85. The smallest absolute Gasteiger partial charge is 0.271 e. The van der Waals surface area contributed by atoms with Gasteiger partial charge in [0, 0.05) is 24.0 Å². The average molecular weight is 335 g/mol. The van der Waals surface area contributed by atoms with E-state index in [0.29, 0.717) is 5.71 Å². The number of hydrogen-bond acceptors (Lipinski definition) is 7. The fraction of sp³-hybridized carbons (Fsp3) is 0.0769. The molecule has 3 N–H and O–H groups in total. The molecule has 2 rings (SSSR count). The van der Waals surface area contributed by atoms with Gasteiger partial charge in [-0.3, -0.25) is 20.5 Å². The van der Waals surface area contributed by atoms with Gasteiger partial charge >= 0.3 is 0 Å². The monoisotopic (exact) mass is 335 g/mol. The Hall–Kier alpha value is -2.85. The highest BCUT2D eigenvalue weighted by atomic mass is 32.2. The quantitative estimate of drug-likeness (QED) is 0.481. The molecule has 0 saturated heterocycles. The van der Waals surface area contributed by atoms with Gasteiger partial charge in [-0.1, -0.05) is 0 Å². The third-order valence-electron chi connectivity index (χ3n) is 2.94. The van der Waals surface area contributed by atoms with Gasteiger partial charge in [-0.25, -0.2) is 13.6 Å². The maximum absolute atomic E-state index is 11.3. The Labute approximate surface area is 132 Å². The van der Waals surface area contributed by atoms with Crippen LogP contribution in [0.2, 0.25) is 0 Å². The third kappa shape index (κ3) is 4.08. The van der Waals surface area contributed by atoms with E-state index >= 15 is 0 Å². The molecule has 0 aliphatic heterocycles. The van der Waals surface area contributed by atoms with Crippen molar-refractivity contribution in [3.63, 3.8) is 0 Å². The van der Waals surface area contributed by atoms with Crippen LogP contribution in [0.3, 0.4) is 0 Å². The standard InChI is InChI=1S/C13H13N5O4S/c1-9(10-4-6-15-7-5-10)16-17-12-3-2-11(23(14,21)22)8-13(12)18(19)20/h2-8,17H,1H3,(H2,14,21,22)/b16-9+. The van der Waals surface area contributed by atoms with E-state index in [1.54, 1.807) is 31.5 Å². The number of hydrazone groups is 1. The second-order valence-corrected chi connectivity index (χ2v) is 6.09. The minimum atomic E-state index is -4.02. The first-order chi connectivity index (χ1) is 10.8. The molecule has 120 valence electrons. The van der Waals surface area contributed by atoms with Gasteiger partial charge in [0.05, 0.1) is 15.5 Å². The van der Waals surface area contributed by atoms with E-state index in [9.17, 15) is 18.5 Å². The zero-order valence-corrected chi connectivity index (χ0v) is 12.8. The van der Waals surface area contributed by atoms with Crippen LogP contribution in [0.4, 0.5) is 11.4 Å². The number of hydrogen-bond donors (Lipinski definition) is 2. The highest BCUT2D eigenvalue weighted by Crippen LogP contribution is 2.27. The maximum atomic E-state index is 11.3. The van der Waals surface area contributed by atoms with Gasteiger partial charge in [-0.2, -0.15) is 5.10 Å². The van der Waals surface area contributed by atoms with Crippen molar-refractivity contribution in [1.82, 2.24) is 4.98 Å². The number of sulfonamides is 1. The minimum Gasteiger partial charge on any atom is -0.271 e. The Kier molecular flexibility index (Phi) is 4.67. The van der Waals surface area contributed by atoms with Crippen molar-refractivity contribution in [3.8, 4) is 0 Å². The van der Waals surface area contributed by atoms with E-state index < -0.39 is 20.6 Å². The van der Waals surface area contributed by atoms with Gasteiger partial charge in [0.2, 0.25) is 10.0 Å². The van der Waals surface area contributed by atoms with Crippen molar-refractivity contribution in [3.05, 3.63) is 58.4 Å². The molecular weight excluding hydrogens is 322 g/mol. The molecule has 1 aromatic carbocycles. The number of benzene rings is 1. The van der Waals surface area contributed by atoms with Crippen molar-refractivity contribution in [2.45, 2.75) is 11.8 Å². The van der Waals surface area contributed by atoms with E-state index in [0.717, 1.165) is 11.6 Å². The second-order valence-electron chi connectivity index (χ2n) is 4.53. The molecule has 0 fully saturated rings. The van der Waals surface area contributed by atoms with Crippen LogP contribution in [0.15, 0.2) is 52.7 Å². The zero-order chi connectivity index (χ0) is 17.0. The number of primary sulfonamides is 1. The number of nitrogens with one attached hydrogen (secondary N) is 1. The highest BCUT2D eigenvalue weighted by molar-refractivity contribution is 7.89. The largest absolute Gasteiger partial charge is 0.295 e. The summed E-state index contributed by atoms with van der Waals surface area (Å²) in [5.74, 6) is 0. The molecule has 0 aliphatic rings. The molecule has 2 aromatic rings. The predicted octanol–water partition coefficient (Wildman–Crippen LogP) is 1.47. The van der Waals surface area contributed by atoms with Crippen LogP contribution in [-0.4, -0.2) is 24.0 Å². The predicted molar refractivity (Wildman–Crippen MR) is 84.5 cm³/mol. The molecule has 1 aromatic heterocycles. The molecule has 0 spiro atoms. The number of nitrogens with zero attached hydrogens (tertiary/aromatic N) is 3. The fourth-order valence-corrected chi connectivity index (χ4v) is 2.27. The number of pyridine rings is 1. The lowest BCUT2D eigenvalue weighted by Crippen LogP contribution is -2.12. The van der Waals surface area contributed by atoms with Crippen LogP contribution in [0.25, 0.3) is 0 Å². The minimum absolute atomic E-state index is 0.0517. The number of nitrogens with two attached hydrogens (primary N) is 1. The molecule has 0 amide bonds. The normalized spacial score (nSPS) is 12.0. The van der Waals surface area contributed by atoms with Crippen molar-refractivity contribution in [2.24, 2.45) is 10.2 Å². The SMILES string of the molecule is C/C(=N\Nc1ccc(S(N)(=O)=O)cc1[N+](=O)[O-])c1ccncc1. The first-order valence-electron chi connectivity index (χ1n) is 6.31. The average Bonchev–Trinajstić information content (AvgIpc) is 2.52. The molecule has 0 saturated carbocycles. The first-order valence-corrected chi connectivity index (χ1v) is 7.85. The van der Waals surface area contributed by atoms with E-state index in [1.165, 1.54) is 12.1 Å². The van der Waals surface area contributed by atoms with Gasteiger partial charge in [0.1, 0.15) is 5.69 Å². The Morgan fingerprint density at radius 2 is 1.96 bits per heavy atom. The van der Waals surface area contributed by atoms with Gasteiger partial charge < -0.3 is 0 Å². The highest BCUT2D eigenvalue weighted by Gasteiger charge is 2.18. The van der Waals surface area contributed by atoms with Crippen LogP contribution in [0.1, 0.15) is 12.5 Å². The Morgan fingerprint density at radius 3 is 2.52 bits per heavy atom. The number of nitro groups is 1. The second kappa shape index (κ2) is 6.50. The number of nitro benzene ring substituents is 1. The Bertz CT molecular complexity index is 865. The molecule has 10 heteroatoms. The Balaban J connectivity index is 2.35. The first kappa shape index (κ1) is 16.5. The van der Waals surface area contributed by atoms with Crippen molar-refractivity contribution in [1.29, 1.82) is 0 Å². The summed E-state index contributed by atoms with van der Waals surface area (Å²) in [6.07, 6.45) is 3.19. The lowest BCUT2D eigenvalue weighted by Gasteiger charge is -2.06. The zero-order valence-electron chi connectivity index (χ0n) is 12.0. The molecule has 23 heavy (non-hydrogen) atoms. The Morgan fingerprint density at radius 1 is 1.30 bits per heavy atom. The van der Waals surface area contributed by atoms with Gasteiger partial charge in [-0.15, -0.1) is 0 Å². The summed E-state index contributed by atoms with van der Waals surface area (Å²) < 4.78 is 22.5. The van der Waals surface area contributed by atoms with Gasteiger partial charge in [-0.05, 0) is 31.2 Å². The molecular formula is C13H13N5O4S. The number of anilines is 1. The molecule has 0 radical (unpaired) electrons. The van der Waals surface area contributed by atoms with E-state index in [1.807, 2.05) is 0 Å². The molecule has 0 bridgehead atoms. The van der Waals surface area contributed by atoms with Crippen LogP contribution in [0.5, 0.6) is 0 Å². The van der Waals surface area contributed by atoms with Gasteiger partial charge in [0.15, 0.2) is 0 Å². The van der Waals surface area contributed by atoms with Gasteiger partial charge in [0.25, 0.3) is 5.69 Å². The van der Waals surface area contributed by atoms with Crippen LogP contribution < -0.4 is 10.6 Å². The molecule has 9 nitrogen and oxygen atoms in total. The summed E-state index contributed by atoms with van der Waals surface area (Å²) in [4.78, 5) is 13.9. The van der Waals surface area contributed by atoms with E-state index in [2.05, 4.69) is 15.5 Å². The van der Waals surface area contributed by atoms with Crippen LogP contribution in [0, 0.1) is 10.1 Å². The summed E-state index contributed by atoms with van der Waals surface area (Å²) >= 11 is 0. The molecule has 1 heterocycles. The lowest BCUT2D eigenvalue weighted by molar-refractivity contribution is -0.384. The summed E-state index contributed by atoms with van der Waals surface area (Å²) in [6.45, 7) is 1.72. The molecule has 0 atom stereocenters. The molecule has 0 aliphatic carbocycles. The summed E-state index contributed by atoms with van der Waals surface area (Å²) in [5, 5.41) is 20.1. The summed E-state index contributed by atoms with van der Waals surface area (Å²) in [5.41, 5.74) is 3.54. The lowest BCUT2D eigenvalue weighted by atomic mass is 10.2. The van der Waals surface area contributed by atoms with Crippen LogP contribution in [-0.2, 0) is 10.0 Å². The van der Waals surface area contributed by atoms with Crippen molar-refractivity contribution < 1.29 is 13.3 Å². The van der Waals surface area contributed by atoms with Crippen molar-refractivity contribution in [2.75, 3.05) is 5.43 Å². The number of aromatic nitrogens is 1. The topological polar surface area (TPSA) is 141 Å². The fourth-order valence-electron chi connectivity index (χ4n) is 1.74. The summed E-state index contributed by atoms with van der Waals surface area (Å²) in [7, 11) is -4.02. The van der Waals surface area contributed by atoms with Crippen molar-refractivity contribution >= 4 is 27.1 Å².